The second-order valence-electron chi connectivity index (χ2n) is 8.89. The van der Waals surface area contributed by atoms with Crippen LogP contribution in [-0.2, 0) is 17.5 Å². The van der Waals surface area contributed by atoms with E-state index >= 15 is 0 Å². The van der Waals surface area contributed by atoms with E-state index in [0.717, 1.165) is 16.3 Å². The minimum atomic E-state index is -4.90. The Morgan fingerprint density at radius 1 is 1.18 bits per heavy atom. The van der Waals surface area contributed by atoms with Crippen LogP contribution in [-0.4, -0.2) is 65.0 Å². The average molecular weight is 547 g/mol. The maximum absolute atomic E-state index is 13.4. The Hall–Kier alpha value is -3.97. The van der Waals surface area contributed by atoms with E-state index in [4.69, 9.17) is 4.74 Å². The molecule has 13 heteroatoms. The molecule has 39 heavy (non-hydrogen) atoms. The van der Waals surface area contributed by atoms with Crippen molar-refractivity contribution >= 4 is 23.2 Å². The Bertz CT molecular complexity index is 1400. The van der Waals surface area contributed by atoms with Gasteiger partial charge in [-0.05, 0) is 43.7 Å². The number of hydrogen-bond acceptors (Lipinski definition) is 8. The summed E-state index contributed by atoms with van der Waals surface area (Å²) in [4.78, 5) is 36.2. The third kappa shape index (κ3) is 6.55. The zero-order valence-electron chi connectivity index (χ0n) is 21.5. The summed E-state index contributed by atoms with van der Waals surface area (Å²) in [6.07, 6.45) is -2.39. The van der Waals surface area contributed by atoms with Gasteiger partial charge in [-0.2, -0.15) is 13.2 Å². The molecule has 1 aliphatic rings. The first kappa shape index (κ1) is 28.0. The summed E-state index contributed by atoms with van der Waals surface area (Å²) in [7, 11) is 0. The molecule has 10 nitrogen and oxygen atoms in total. The molecule has 4 heterocycles. The van der Waals surface area contributed by atoms with E-state index < -0.39 is 23.2 Å². The number of amides is 1. The maximum atomic E-state index is 13.4. The molecule has 3 aromatic rings. The molecule has 0 aliphatic carbocycles. The zero-order valence-corrected chi connectivity index (χ0v) is 21.5. The molecule has 0 unspecified atom stereocenters. The third-order valence-corrected chi connectivity index (χ3v) is 6.21. The lowest BCUT2D eigenvalue weighted by Gasteiger charge is -2.28. The van der Waals surface area contributed by atoms with Crippen LogP contribution in [0.15, 0.2) is 41.5 Å². The van der Waals surface area contributed by atoms with Gasteiger partial charge in [-0.3, -0.25) is 14.6 Å². The zero-order chi connectivity index (χ0) is 28.2. The monoisotopic (exact) mass is 546 g/mol. The van der Waals surface area contributed by atoms with Crippen molar-refractivity contribution in [2.24, 2.45) is 0 Å². The first-order chi connectivity index (χ1) is 18.6. The molecule has 4 rings (SSSR count). The lowest BCUT2D eigenvalue weighted by Crippen LogP contribution is -2.36. The van der Waals surface area contributed by atoms with Gasteiger partial charge < -0.3 is 29.9 Å². The first-order valence-corrected chi connectivity index (χ1v) is 12.4. The van der Waals surface area contributed by atoms with Crippen molar-refractivity contribution in [2.75, 3.05) is 55.0 Å². The van der Waals surface area contributed by atoms with Crippen molar-refractivity contribution in [3.05, 3.63) is 63.8 Å². The SMILES string of the molecule is CCn1cc(C(=O)Nc2cnc(C)c(-c3cc(NCCO)nc(N4CCOCC4)c3)c2)cc(C(F)(F)F)c1=O. The highest BCUT2D eigenvalue weighted by Gasteiger charge is 2.35. The van der Waals surface area contributed by atoms with Crippen LogP contribution < -0.4 is 21.1 Å². The van der Waals surface area contributed by atoms with E-state index in [0.29, 0.717) is 61.8 Å². The molecule has 1 fully saturated rings. The topological polar surface area (TPSA) is 122 Å². The van der Waals surface area contributed by atoms with Crippen LogP contribution >= 0.6 is 0 Å². The Labute approximate surface area is 222 Å². The number of ether oxygens (including phenoxy) is 1. The number of aliphatic hydroxyl groups excluding tert-OH is 1. The number of aryl methyl sites for hydroxylation is 2. The van der Waals surface area contributed by atoms with Crippen LogP contribution in [0.1, 0.15) is 28.5 Å². The number of pyridine rings is 3. The quantitative estimate of drug-likeness (QED) is 0.394. The lowest BCUT2D eigenvalue weighted by atomic mass is 10.0. The van der Waals surface area contributed by atoms with Crippen molar-refractivity contribution in [3.8, 4) is 11.1 Å². The van der Waals surface area contributed by atoms with Crippen molar-refractivity contribution in [2.45, 2.75) is 26.6 Å². The van der Waals surface area contributed by atoms with Crippen LogP contribution in [0, 0.1) is 6.92 Å². The van der Waals surface area contributed by atoms with E-state index in [1.165, 1.54) is 13.1 Å². The van der Waals surface area contributed by atoms with E-state index in [2.05, 4.69) is 25.5 Å². The van der Waals surface area contributed by atoms with Gasteiger partial charge in [-0.15, -0.1) is 0 Å². The predicted octanol–water partition coefficient (Wildman–Crippen LogP) is 3.15. The molecule has 0 saturated carbocycles. The highest BCUT2D eigenvalue weighted by atomic mass is 19.4. The number of alkyl halides is 3. The van der Waals surface area contributed by atoms with Gasteiger partial charge in [0.25, 0.3) is 11.5 Å². The standard InChI is InChI=1S/C26H29F3N6O4/c1-3-34-15-18(10-21(25(34)38)26(27,28)29)24(37)32-19-13-20(16(2)31-14-19)17-11-22(30-4-7-36)33-23(12-17)35-5-8-39-9-6-35/h10-15,36H,3-9H2,1-2H3,(H,30,33)(H,32,37). The van der Waals surface area contributed by atoms with Crippen LogP contribution in [0.2, 0.25) is 0 Å². The van der Waals surface area contributed by atoms with Crippen molar-refractivity contribution < 1.29 is 27.8 Å². The largest absolute Gasteiger partial charge is 0.421 e. The fourth-order valence-corrected chi connectivity index (χ4v) is 4.20. The Morgan fingerprint density at radius 2 is 1.92 bits per heavy atom. The molecule has 0 spiro atoms. The molecular weight excluding hydrogens is 517 g/mol. The van der Waals surface area contributed by atoms with E-state index in [1.54, 1.807) is 19.1 Å². The van der Waals surface area contributed by atoms with Gasteiger partial charge in [0.1, 0.15) is 17.2 Å². The predicted molar refractivity (Wildman–Crippen MR) is 140 cm³/mol. The van der Waals surface area contributed by atoms with Gasteiger partial charge >= 0.3 is 6.18 Å². The fourth-order valence-electron chi connectivity index (χ4n) is 4.20. The normalized spacial score (nSPS) is 13.8. The Balaban J connectivity index is 1.68. The van der Waals surface area contributed by atoms with Gasteiger partial charge in [0.2, 0.25) is 0 Å². The summed E-state index contributed by atoms with van der Waals surface area (Å²) in [6, 6.07) is 5.91. The van der Waals surface area contributed by atoms with Gasteiger partial charge in [0.15, 0.2) is 0 Å². The summed E-state index contributed by atoms with van der Waals surface area (Å²) >= 11 is 0. The number of halogens is 3. The summed E-state index contributed by atoms with van der Waals surface area (Å²) in [5.41, 5.74) is -0.592. The second kappa shape index (κ2) is 11.8. The third-order valence-electron chi connectivity index (χ3n) is 6.21. The molecule has 0 aromatic carbocycles. The summed E-state index contributed by atoms with van der Waals surface area (Å²) in [5.74, 6) is 0.429. The first-order valence-electron chi connectivity index (χ1n) is 12.4. The number of rotatable bonds is 8. The second-order valence-corrected chi connectivity index (χ2v) is 8.89. The number of carbonyl (C=O) groups is 1. The molecule has 0 atom stereocenters. The molecule has 3 aromatic heterocycles. The van der Waals surface area contributed by atoms with Gasteiger partial charge in [0, 0.05) is 43.6 Å². The van der Waals surface area contributed by atoms with Crippen LogP contribution in [0.25, 0.3) is 11.1 Å². The number of nitrogens with zero attached hydrogens (tertiary/aromatic N) is 4. The molecule has 1 saturated heterocycles. The highest BCUT2D eigenvalue weighted by Crippen LogP contribution is 2.31. The minimum absolute atomic E-state index is 0.0283. The minimum Gasteiger partial charge on any atom is -0.395 e. The number of hydrogen-bond donors (Lipinski definition) is 3. The fraction of sp³-hybridized carbons (Fsp3) is 0.385. The van der Waals surface area contributed by atoms with Gasteiger partial charge in [0.05, 0.1) is 37.3 Å². The Morgan fingerprint density at radius 3 is 2.59 bits per heavy atom. The van der Waals surface area contributed by atoms with Crippen LogP contribution in [0.3, 0.4) is 0 Å². The maximum Gasteiger partial charge on any atom is 0.421 e. The van der Waals surface area contributed by atoms with Gasteiger partial charge in [-0.1, -0.05) is 0 Å². The summed E-state index contributed by atoms with van der Waals surface area (Å²) in [6.45, 7) is 5.94. The lowest BCUT2D eigenvalue weighted by molar-refractivity contribution is -0.139. The number of aliphatic hydroxyl groups is 1. The molecule has 0 radical (unpaired) electrons. The van der Waals surface area contributed by atoms with Crippen LogP contribution in [0.4, 0.5) is 30.5 Å². The van der Waals surface area contributed by atoms with E-state index in [-0.39, 0.29) is 24.4 Å². The van der Waals surface area contributed by atoms with Crippen molar-refractivity contribution in [1.82, 2.24) is 14.5 Å². The van der Waals surface area contributed by atoms with E-state index in [9.17, 15) is 27.9 Å². The summed E-state index contributed by atoms with van der Waals surface area (Å²) < 4.78 is 46.5. The highest BCUT2D eigenvalue weighted by molar-refractivity contribution is 6.04. The average Bonchev–Trinajstić information content (AvgIpc) is 2.92. The number of nitrogens with one attached hydrogen (secondary N) is 2. The molecule has 1 aliphatic heterocycles. The van der Waals surface area contributed by atoms with E-state index in [1.807, 2.05) is 6.07 Å². The van der Waals surface area contributed by atoms with Crippen LogP contribution in [0.5, 0.6) is 0 Å². The molecule has 208 valence electrons. The molecular formula is C26H29F3N6O4. The number of morpholine rings is 1. The number of aromatic nitrogens is 3. The Kier molecular flexibility index (Phi) is 8.51. The van der Waals surface area contributed by atoms with Gasteiger partial charge in [-0.25, -0.2) is 4.98 Å². The molecule has 3 N–H and O–H groups in total. The number of anilines is 3. The summed E-state index contributed by atoms with van der Waals surface area (Å²) in [5, 5.41) is 14.9. The molecule has 1 amide bonds. The number of carbonyl (C=O) groups excluding carboxylic acids is 1. The smallest absolute Gasteiger partial charge is 0.395 e. The van der Waals surface area contributed by atoms with Crippen molar-refractivity contribution in [3.63, 3.8) is 0 Å². The molecule has 0 bridgehead atoms. The van der Waals surface area contributed by atoms with Crippen molar-refractivity contribution in [1.29, 1.82) is 0 Å².